The topological polar surface area (TPSA) is 90.5 Å². The Balaban J connectivity index is 1.28. The number of amides is 1. The molecule has 8 heteroatoms. The Labute approximate surface area is 162 Å². The van der Waals surface area contributed by atoms with Crippen molar-refractivity contribution in [3.05, 3.63) is 71.5 Å². The minimum atomic E-state index is -0.223. The van der Waals surface area contributed by atoms with Crippen molar-refractivity contribution in [3.63, 3.8) is 0 Å². The van der Waals surface area contributed by atoms with E-state index < -0.39 is 0 Å². The van der Waals surface area contributed by atoms with Crippen molar-refractivity contribution >= 4 is 16.9 Å². The van der Waals surface area contributed by atoms with Crippen LogP contribution in [0, 0.1) is 6.92 Å². The molecule has 1 amide bonds. The molecular formula is C20H21N7O. The molecule has 2 aromatic heterocycles. The third kappa shape index (κ3) is 3.90. The second-order valence-electron chi connectivity index (χ2n) is 6.64. The Morgan fingerprint density at radius 2 is 1.86 bits per heavy atom. The molecular weight excluding hydrogens is 354 g/mol. The fourth-order valence-corrected chi connectivity index (χ4v) is 3.05. The predicted octanol–water partition coefficient (Wildman–Crippen LogP) is 2.20. The summed E-state index contributed by atoms with van der Waals surface area (Å²) in [6.45, 7) is 3.85. The Bertz CT molecular complexity index is 1100. The SMILES string of the molecule is Cc1ccccc1Cn1cc(C(=O)NCCCn2nnc3ccccc32)nn1. The lowest BCUT2D eigenvalue weighted by Gasteiger charge is -2.05. The van der Waals surface area contributed by atoms with Gasteiger partial charge in [0.05, 0.1) is 18.3 Å². The van der Waals surface area contributed by atoms with Crippen molar-refractivity contribution in [1.82, 2.24) is 35.3 Å². The molecule has 0 saturated carbocycles. The van der Waals surface area contributed by atoms with Gasteiger partial charge in [-0.2, -0.15) is 0 Å². The molecule has 142 valence electrons. The van der Waals surface area contributed by atoms with Crippen molar-refractivity contribution in [2.75, 3.05) is 6.54 Å². The minimum Gasteiger partial charge on any atom is -0.351 e. The van der Waals surface area contributed by atoms with E-state index in [1.807, 2.05) is 47.1 Å². The Kier molecular flexibility index (Phi) is 5.09. The van der Waals surface area contributed by atoms with Crippen LogP contribution in [0.15, 0.2) is 54.7 Å². The molecule has 0 fully saturated rings. The minimum absolute atomic E-state index is 0.223. The molecule has 0 saturated heterocycles. The molecule has 0 radical (unpaired) electrons. The van der Waals surface area contributed by atoms with Crippen molar-refractivity contribution in [2.24, 2.45) is 0 Å². The summed E-state index contributed by atoms with van der Waals surface area (Å²) in [5.74, 6) is -0.223. The number of nitrogens with one attached hydrogen (secondary N) is 1. The monoisotopic (exact) mass is 375 g/mol. The second-order valence-corrected chi connectivity index (χ2v) is 6.64. The van der Waals surface area contributed by atoms with E-state index in [2.05, 4.69) is 38.9 Å². The van der Waals surface area contributed by atoms with E-state index in [9.17, 15) is 4.79 Å². The van der Waals surface area contributed by atoms with E-state index in [0.717, 1.165) is 23.0 Å². The third-order valence-electron chi connectivity index (χ3n) is 4.62. The van der Waals surface area contributed by atoms with Gasteiger partial charge < -0.3 is 5.32 Å². The lowest BCUT2D eigenvalue weighted by molar-refractivity contribution is 0.0947. The number of fused-ring (bicyclic) bond motifs is 1. The van der Waals surface area contributed by atoms with Gasteiger partial charge in [0.2, 0.25) is 0 Å². The van der Waals surface area contributed by atoms with Crippen LogP contribution < -0.4 is 5.32 Å². The van der Waals surface area contributed by atoms with E-state index in [1.165, 1.54) is 5.56 Å². The van der Waals surface area contributed by atoms with Gasteiger partial charge in [-0.05, 0) is 36.6 Å². The molecule has 4 aromatic rings. The number of hydrogen-bond donors (Lipinski definition) is 1. The number of para-hydroxylation sites is 1. The van der Waals surface area contributed by atoms with Gasteiger partial charge in [0, 0.05) is 13.1 Å². The Hall–Kier alpha value is -3.55. The molecule has 0 spiro atoms. The summed E-state index contributed by atoms with van der Waals surface area (Å²) >= 11 is 0. The smallest absolute Gasteiger partial charge is 0.273 e. The van der Waals surface area contributed by atoms with Crippen molar-refractivity contribution < 1.29 is 4.79 Å². The maximum absolute atomic E-state index is 12.3. The summed E-state index contributed by atoms with van der Waals surface area (Å²) < 4.78 is 3.53. The number of carbonyl (C=O) groups excluding carboxylic acids is 1. The first-order valence-corrected chi connectivity index (χ1v) is 9.22. The molecule has 0 aliphatic rings. The predicted molar refractivity (Wildman–Crippen MR) is 105 cm³/mol. The molecule has 28 heavy (non-hydrogen) atoms. The normalized spacial score (nSPS) is 11.0. The highest BCUT2D eigenvalue weighted by atomic mass is 16.2. The van der Waals surface area contributed by atoms with E-state index in [4.69, 9.17) is 0 Å². The van der Waals surface area contributed by atoms with Gasteiger partial charge >= 0.3 is 0 Å². The van der Waals surface area contributed by atoms with Crippen LogP contribution in [-0.4, -0.2) is 42.4 Å². The molecule has 2 aromatic carbocycles. The van der Waals surface area contributed by atoms with Crippen molar-refractivity contribution in [1.29, 1.82) is 0 Å². The van der Waals surface area contributed by atoms with Gasteiger partial charge in [0.15, 0.2) is 5.69 Å². The number of rotatable bonds is 7. The summed E-state index contributed by atoms with van der Waals surface area (Å²) in [6, 6.07) is 15.9. The van der Waals surface area contributed by atoms with Crippen LogP contribution >= 0.6 is 0 Å². The fourth-order valence-electron chi connectivity index (χ4n) is 3.05. The van der Waals surface area contributed by atoms with Crippen LogP contribution in [0.5, 0.6) is 0 Å². The van der Waals surface area contributed by atoms with Crippen LogP contribution in [0.2, 0.25) is 0 Å². The molecule has 0 bridgehead atoms. The standard InChI is InChI=1S/C20H21N7O/c1-15-7-2-3-8-16(15)13-26-14-18(23-24-26)20(28)21-11-6-12-27-19-10-5-4-9-17(19)22-25-27/h2-5,7-10,14H,6,11-13H2,1H3,(H,21,28). The van der Waals surface area contributed by atoms with Crippen LogP contribution in [0.4, 0.5) is 0 Å². The number of aromatic nitrogens is 6. The van der Waals surface area contributed by atoms with Gasteiger partial charge in [-0.25, -0.2) is 9.36 Å². The Morgan fingerprint density at radius 1 is 1.04 bits per heavy atom. The first-order chi connectivity index (χ1) is 13.7. The first-order valence-electron chi connectivity index (χ1n) is 9.22. The zero-order valence-electron chi connectivity index (χ0n) is 15.6. The average Bonchev–Trinajstić information content (AvgIpc) is 3.34. The maximum Gasteiger partial charge on any atom is 0.273 e. The molecule has 0 aliphatic carbocycles. The Morgan fingerprint density at radius 3 is 2.75 bits per heavy atom. The largest absolute Gasteiger partial charge is 0.351 e. The van der Waals surface area contributed by atoms with E-state index >= 15 is 0 Å². The summed E-state index contributed by atoms with van der Waals surface area (Å²) in [5, 5.41) is 19.2. The zero-order chi connectivity index (χ0) is 19.3. The number of nitrogens with zero attached hydrogens (tertiary/aromatic N) is 6. The number of benzene rings is 2. The highest BCUT2D eigenvalue weighted by molar-refractivity contribution is 5.91. The number of carbonyl (C=O) groups is 1. The molecule has 0 atom stereocenters. The van der Waals surface area contributed by atoms with Gasteiger partial charge in [0.1, 0.15) is 5.52 Å². The summed E-state index contributed by atoms with van der Waals surface area (Å²) in [4.78, 5) is 12.3. The van der Waals surface area contributed by atoms with Crippen LogP contribution in [-0.2, 0) is 13.1 Å². The molecule has 1 N–H and O–H groups in total. The van der Waals surface area contributed by atoms with E-state index in [1.54, 1.807) is 10.9 Å². The van der Waals surface area contributed by atoms with Crippen LogP contribution in [0.3, 0.4) is 0 Å². The lowest BCUT2D eigenvalue weighted by Crippen LogP contribution is -2.25. The molecule has 4 rings (SSSR count). The molecule has 2 heterocycles. The maximum atomic E-state index is 12.3. The fraction of sp³-hybridized carbons (Fsp3) is 0.250. The van der Waals surface area contributed by atoms with E-state index in [-0.39, 0.29) is 5.91 Å². The summed E-state index contributed by atoms with van der Waals surface area (Å²) in [5.41, 5.74) is 4.52. The lowest BCUT2D eigenvalue weighted by atomic mass is 10.1. The molecule has 8 nitrogen and oxygen atoms in total. The van der Waals surface area contributed by atoms with Crippen molar-refractivity contribution in [3.8, 4) is 0 Å². The number of aryl methyl sites for hydroxylation is 2. The number of hydrogen-bond acceptors (Lipinski definition) is 5. The first kappa shape index (κ1) is 17.8. The summed E-state index contributed by atoms with van der Waals surface area (Å²) in [7, 11) is 0. The second kappa shape index (κ2) is 7.99. The molecule has 0 unspecified atom stereocenters. The highest BCUT2D eigenvalue weighted by Gasteiger charge is 2.11. The van der Waals surface area contributed by atoms with Crippen LogP contribution in [0.25, 0.3) is 11.0 Å². The van der Waals surface area contributed by atoms with Gasteiger partial charge in [-0.3, -0.25) is 4.79 Å². The zero-order valence-corrected chi connectivity index (χ0v) is 15.6. The molecule has 0 aliphatic heterocycles. The van der Waals surface area contributed by atoms with E-state index in [0.29, 0.717) is 25.3 Å². The average molecular weight is 375 g/mol. The van der Waals surface area contributed by atoms with Crippen LogP contribution in [0.1, 0.15) is 28.0 Å². The van der Waals surface area contributed by atoms with Gasteiger partial charge in [-0.1, -0.05) is 46.8 Å². The van der Waals surface area contributed by atoms with Gasteiger partial charge in [0.25, 0.3) is 5.91 Å². The van der Waals surface area contributed by atoms with Crippen molar-refractivity contribution in [2.45, 2.75) is 26.4 Å². The van der Waals surface area contributed by atoms with Gasteiger partial charge in [-0.15, -0.1) is 10.2 Å². The summed E-state index contributed by atoms with van der Waals surface area (Å²) in [6.07, 6.45) is 2.42. The third-order valence-corrected chi connectivity index (χ3v) is 4.62. The highest BCUT2D eigenvalue weighted by Crippen LogP contribution is 2.10. The quantitative estimate of drug-likeness (QED) is 0.500.